The van der Waals surface area contributed by atoms with E-state index in [0.29, 0.717) is 14.9 Å². The Bertz CT molecular complexity index is 1740. The second-order valence-corrected chi connectivity index (χ2v) is 11.1. The van der Waals surface area contributed by atoms with E-state index in [0.717, 1.165) is 39.7 Å². The summed E-state index contributed by atoms with van der Waals surface area (Å²) in [5.41, 5.74) is 6.13. The summed E-state index contributed by atoms with van der Waals surface area (Å²) in [5, 5.41) is 10.3. The zero-order valence-electron chi connectivity index (χ0n) is 19.2. The summed E-state index contributed by atoms with van der Waals surface area (Å²) in [4.78, 5) is 19.5. The van der Waals surface area contributed by atoms with E-state index in [1.807, 2.05) is 22.8 Å². The molecule has 2 heterocycles. The van der Waals surface area contributed by atoms with E-state index in [9.17, 15) is 9.90 Å². The third-order valence-corrected chi connectivity index (χ3v) is 8.43. The smallest absolute Gasteiger partial charge is 0.271 e. The molecule has 3 aromatic carbocycles. The third kappa shape index (κ3) is 3.82. The summed E-state index contributed by atoms with van der Waals surface area (Å²) in [5.74, 6) is 0.126. The van der Waals surface area contributed by atoms with Crippen molar-refractivity contribution in [1.82, 2.24) is 4.57 Å². The lowest BCUT2D eigenvalue weighted by Gasteiger charge is -2.30. The Kier molecular flexibility index (Phi) is 5.86. The Morgan fingerprint density at radius 1 is 1.17 bits per heavy atom. The summed E-state index contributed by atoms with van der Waals surface area (Å²) in [7, 11) is 1.46. The molecule has 5 nitrogen and oxygen atoms in total. The lowest BCUT2D eigenvalue weighted by atomic mass is 9.83. The van der Waals surface area contributed by atoms with Gasteiger partial charge in [-0.1, -0.05) is 75.3 Å². The van der Waals surface area contributed by atoms with Gasteiger partial charge < -0.3 is 9.84 Å². The summed E-state index contributed by atoms with van der Waals surface area (Å²) in [6.45, 7) is 0. The number of hydrogen-bond donors (Lipinski definition) is 1. The van der Waals surface area contributed by atoms with Crippen molar-refractivity contribution >= 4 is 50.6 Å². The van der Waals surface area contributed by atoms with E-state index in [1.54, 1.807) is 18.2 Å². The highest BCUT2D eigenvalue weighted by Gasteiger charge is 2.32. The SMILES string of the molecule is COc1cc(C=c2sc3n(c2=O)C(c2ccc(Br)cc2)C2=C(N=3)c3ccccc3CC2)cc(Cl)c1O. The topological polar surface area (TPSA) is 63.8 Å². The number of hydrogen-bond acceptors (Lipinski definition) is 5. The molecule has 1 aromatic heterocycles. The molecule has 1 N–H and O–H groups in total. The average molecular weight is 580 g/mol. The van der Waals surface area contributed by atoms with Gasteiger partial charge in [-0.15, -0.1) is 0 Å². The van der Waals surface area contributed by atoms with E-state index in [4.69, 9.17) is 21.3 Å². The number of halogens is 2. The number of phenols is 1. The number of nitrogens with zero attached hydrogens (tertiary/aromatic N) is 2. The second-order valence-electron chi connectivity index (χ2n) is 8.72. The van der Waals surface area contributed by atoms with Gasteiger partial charge >= 0.3 is 0 Å². The monoisotopic (exact) mass is 578 g/mol. The highest BCUT2D eigenvalue weighted by molar-refractivity contribution is 9.10. The number of ether oxygens (including phenoxy) is 1. The zero-order valence-corrected chi connectivity index (χ0v) is 22.3. The first-order chi connectivity index (χ1) is 17.4. The predicted molar refractivity (Wildman–Crippen MR) is 147 cm³/mol. The minimum Gasteiger partial charge on any atom is -0.503 e. The van der Waals surface area contributed by atoms with Gasteiger partial charge in [0.2, 0.25) is 0 Å². The predicted octanol–water partition coefficient (Wildman–Crippen LogP) is 5.45. The minimum atomic E-state index is -0.238. The number of methoxy groups -OCH3 is 1. The van der Waals surface area contributed by atoms with Crippen LogP contribution in [0.2, 0.25) is 5.02 Å². The van der Waals surface area contributed by atoms with Crippen molar-refractivity contribution < 1.29 is 9.84 Å². The van der Waals surface area contributed by atoms with Gasteiger partial charge in [0.05, 0.1) is 28.4 Å². The van der Waals surface area contributed by atoms with E-state index in [1.165, 1.54) is 24.0 Å². The van der Waals surface area contributed by atoms with Crippen molar-refractivity contribution in [1.29, 1.82) is 0 Å². The van der Waals surface area contributed by atoms with E-state index < -0.39 is 0 Å². The number of benzene rings is 3. The molecule has 0 bridgehead atoms. The highest BCUT2D eigenvalue weighted by atomic mass is 79.9. The Morgan fingerprint density at radius 3 is 2.72 bits per heavy atom. The van der Waals surface area contributed by atoms with Crippen LogP contribution in [0.4, 0.5) is 0 Å². The Hall–Kier alpha value is -3.13. The Morgan fingerprint density at radius 2 is 1.94 bits per heavy atom. The second kappa shape index (κ2) is 9.07. The molecule has 0 radical (unpaired) electrons. The van der Waals surface area contributed by atoms with Gasteiger partial charge in [0, 0.05) is 10.0 Å². The molecule has 0 fully saturated rings. The third-order valence-electron chi connectivity index (χ3n) is 6.63. The molecular weight excluding hydrogens is 560 g/mol. The van der Waals surface area contributed by atoms with Crippen molar-refractivity contribution in [3.8, 4) is 11.5 Å². The van der Waals surface area contributed by atoms with Crippen LogP contribution in [-0.2, 0) is 6.42 Å². The molecule has 2 aliphatic rings. The number of aromatic hydroxyl groups is 1. The number of aromatic nitrogens is 1. The first-order valence-electron chi connectivity index (χ1n) is 11.4. The van der Waals surface area contributed by atoms with Crippen LogP contribution in [0.25, 0.3) is 11.8 Å². The molecule has 0 saturated heterocycles. The van der Waals surface area contributed by atoms with Crippen molar-refractivity contribution in [3.05, 3.63) is 118 Å². The molecule has 4 aromatic rings. The van der Waals surface area contributed by atoms with Crippen LogP contribution in [0.5, 0.6) is 11.5 Å². The average Bonchev–Trinajstić information content (AvgIpc) is 3.19. The van der Waals surface area contributed by atoms with Crippen LogP contribution in [0, 0.1) is 0 Å². The first kappa shape index (κ1) is 23.3. The molecule has 0 amide bonds. The fourth-order valence-electron chi connectivity index (χ4n) is 4.95. The molecule has 1 aliphatic heterocycles. The standard InChI is InChI=1S/C28H20BrClN2O3S/c1-35-22-13-15(12-21(30)26(22)33)14-23-27(34)32-25(17-6-9-18(29)10-7-17)20-11-8-16-4-2-3-5-19(16)24(20)31-28(32)36-23/h2-7,9-10,12-14,25,33H,8,11H2,1H3. The zero-order chi connectivity index (χ0) is 25.0. The van der Waals surface area contributed by atoms with Crippen molar-refractivity contribution in [2.45, 2.75) is 18.9 Å². The van der Waals surface area contributed by atoms with Gasteiger partial charge in [-0.05, 0) is 65.4 Å². The molecule has 0 saturated carbocycles. The number of allylic oxidation sites excluding steroid dienone is 1. The fraction of sp³-hybridized carbons (Fsp3) is 0.143. The molecule has 8 heteroatoms. The van der Waals surface area contributed by atoms with Gasteiger partial charge in [-0.2, -0.15) is 0 Å². The molecule has 1 unspecified atom stereocenters. The summed E-state index contributed by atoms with van der Waals surface area (Å²) < 4.78 is 8.57. The van der Waals surface area contributed by atoms with Crippen LogP contribution in [0.3, 0.4) is 0 Å². The number of aryl methyl sites for hydroxylation is 1. The minimum absolute atomic E-state index is 0.111. The Balaban J connectivity index is 1.61. The fourth-order valence-corrected chi connectivity index (χ4v) is 6.44. The highest BCUT2D eigenvalue weighted by Crippen LogP contribution is 2.41. The Labute approximate surface area is 224 Å². The number of phenolic OH excluding ortho intramolecular Hbond substituents is 1. The van der Waals surface area contributed by atoms with Gasteiger partial charge in [-0.25, -0.2) is 4.99 Å². The number of thiazole rings is 1. The quantitative estimate of drug-likeness (QED) is 0.351. The summed E-state index contributed by atoms with van der Waals surface area (Å²) in [6, 6.07) is 19.5. The van der Waals surface area contributed by atoms with Crippen LogP contribution in [-0.4, -0.2) is 16.8 Å². The lowest BCUT2D eigenvalue weighted by molar-refractivity contribution is 0.373. The van der Waals surface area contributed by atoms with Crippen LogP contribution in [0.15, 0.2) is 80.5 Å². The normalized spacial score (nSPS) is 16.8. The first-order valence-corrected chi connectivity index (χ1v) is 13.4. The van der Waals surface area contributed by atoms with Crippen molar-refractivity contribution in [2.75, 3.05) is 7.11 Å². The van der Waals surface area contributed by atoms with Crippen LogP contribution < -0.4 is 19.6 Å². The van der Waals surface area contributed by atoms with Crippen LogP contribution >= 0.6 is 38.9 Å². The maximum atomic E-state index is 13.8. The van der Waals surface area contributed by atoms with Crippen molar-refractivity contribution in [2.24, 2.45) is 4.99 Å². The summed E-state index contributed by atoms with van der Waals surface area (Å²) >= 11 is 11.1. The van der Waals surface area contributed by atoms with Gasteiger partial charge in [0.15, 0.2) is 16.3 Å². The summed E-state index contributed by atoms with van der Waals surface area (Å²) in [6.07, 6.45) is 3.52. The van der Waals surface area contributed by atoms with Gasteiger partial charge in [0.1, 0.15) is 0 Å². The van der Waals surface area contributed by atoms with E-state index in [2.05, 4.69) is 46.3 Å². The molecule has 6 rings (SSSR count). The lowest BCUT2D eigenvalue weighted by Crippen LogP contribution is -2.38. The molecule has 180 valence electrons. The molecule has 0 spiro atoms. The van der Waals surface area contributed by atoms with Gasteiger partial charge in [0.25, 0.3) is 5.56 Å². The van der Waals surface area contributed by atoms with E-state index in [-0.39, 0.29) is 28.1 Å². The maximum Gasteiger partial charge on any atom is 0.271 e. The largest absolute Gasteiger partial charge is 0.503 e. The number of rotatable bonds is 3. The van der Waals surface area contributed by atoms with Gasteiger partial charge in [-0.3, -0.25) is 9.36 Å². The molecule has 1 atom stereocenters. The van der Waals surface area contributed by atoms with E-state index >= 15 is 0 Å². The molecule has 1 aliphatic carbocycles. The van der Waals surface area contributed by atoms with Crippen molar-refractivity contribution in [3.63, 3.8) is 0 Å². The number of fused-ring (bicyclic) bond motifs is 3. The maximum absolute atomic E-state index is 13.8. The van der Waals surface area contributed by atoms with Crippen LogP contribution in [0.1, 0.15) is 34.7 Å². The molecule has 36 heavy (non-hydrogen) atoms. The molecular formula is C28H20BrClN2O3S.